The maximum absolute atomic E-state index is 5.88. The lowest BCUT2D eigenvalue weighted by Crippen LogP contribution is -2.10. The van der Waals surface area contributed by atoms with Crippen molar-refractivity contribution < 1.29 is 0 Å². The summed E-state index contributed by atoms with van der Waals surface area (Å²) in [4.78, 5) is 0. The van der Waals surface area contributed by atoms with Gasteiger partial charge in [0.1, 0.15) is 0 Å². The summed E-state index contributed by atoms with van der Waals surface area (Å²) in [6.07, 6.45) is 4.48. The van der Waals surface area contributed by atoms with Crippen LogP contribution in [0.1, 0.15) is 29.9 Å². The summed E-state index contributed by atoms with van der Waals surface area (Å²) in [6.45, 7) is 2.85. The standard InChI is InChI=1S/C18H21N/c1-15(16-8-4-2-5-9-16)12-13-18(14-19)17-10-6-3-7-11-17/h2-13,15,18H,14,19H2,1H3. The van der Waals surface area contributed by atoms with Crippen LogP contribution >= 0.6 is 0 Å². The molecule has 0 heterocycles. The molecule has 2 N–H and O–H groups in total. The van der Waals surface area contributed by atoms with E-state index >= 15 is 0 Å². The van der Waals surface area contributed by atoms with Crippen molar-refractivity contribution in [2.75, 3.05) is 6.54 Å². The van der Waals surface area contributed by atoms with Gasteiger partial charge >= 0.3 is 0 Å². The molecule has 0 amide bonds. The molecule has 1 heteroatoms. The van der Waals surface area contributed by atoms with E-state index < -0.39 is 0 Å². The van der Waals surface area contributed by atoms with E-state index in [0.29, 0.717) is 18.4 Å². The van der Waals surface area contributed by atoms with E-state index in [2.05, 4.69) is 67.6 Å². The lowest BCUT2D eigenvalue weighted by Gasteiger charge is -2.12. The van der Waals surface area contributed by atoms with Crippen molar-refractivity contribution in [1.82, 2.24) is 0 Å². The van der Waals surface area contributed by atoms with Crippen LogP contribution in [0.15, 0.2) is 72.8 Å². The molecule has 19 heavy (non-hydrogen) atoms. The topological polar surface area (TPSA) is 26.0 Å². The highest BCUT2D eigenvalue weighted by Crippen LogP contribution is 2.20. The summed E-state index contributed by atoms with van der Waals surface area (Å²) in [6, 6.07) is 21.0. The van der Waals surface area contributed by atoms with E-state index in [1.165, 1.54) is 11.1 Å². The summed E-state index contributed by atoms with van der Waals surface area (Å²) in [5.74, 6) is 0.714. The van der Waals surface area contributed by atoms with E-state index in [4.69, 9.17) is 5.73 Å². The van der Waals surface area contributed by atoms with Crippen LogP contribution in [0.2, 0.25) is 0 Å². The minimum absolute atomic E-state index is 0.298. The lowest BCUT2D eigenvalue weighted by molar-refractivity contribution is 0.835. The summed E-state index contributed by atoms with van der Waals surface area (Å²) < 4.78 is 0. The molecule has 0 saturated heterocycles. The minimum Gasteiger partial charge on any atom is -0.330 e. The third-order valence-electron chi connectivity index (χ3n) is 3.44. The van der Waals surface area contributed by atoms with Gasteiger partial charge in [0.2, 0.25) is 0 Å². The maximum Gasteiger partial charge on any atom is 0.0141 e. The van der Waals surface area contributed by atoms with Crippen LogP contribution < -0.4 is 5.73 Å². The molecular formula is C18H21N. The van der Waals surface area contributed by atoms with Gasteiger partial charge in [0.05, 0.1) is 0 Å². The Bertz CT molecular complexity index is 502. The van der Waals surface area contributed by atoms with Gasteiger partial charge in [0, 0.05) is 12.5 Å². The van der Waals surface area contributed by atoms with Crippen LogP contribution in [-0.4, -0.2) is 6.54 Å². The molecule has 0 spiro atoms. The number of rotatable bonds is 5. The molecule has 2 rings (SSSR count). The second kappa shape index (κ2) is 6.91. The van der Waals surface area contributed by atoms with Gasteiger partial charge in [-0.25, -0.2) is 0 Å². The molecule has 2 unspecified atom stereocenters. The fourth-order valence-corrected chi connectivity index (χ4v) is 2.19. The summed E-state index contributed by atoms with van der Waals surface area (Å²) >= 11 is 0. The number of nitrogens with two attached hydrogens (primary N) is 1. The van der Waals surface area contributed by atoms with Crippen LogP contribution in [0.4, 0.5) is 0 Å². The second-order valence-corrected chi connectivity index (χ2v) is 4.84. The summed E-state index contributed by atoms with van der Waals surface area (Å²) in [7, 11) is 0. The molecule has 0 saturated carbocycles. The fraction of sp³-hybridized carbons (Fsp3) is 0.222. The molecule has 0 radical (unpaired) electrons. The molecule has 98 valence electrons. The number of benzene rings is 2. The molecule has 0 aliphatic rings. The first-order valence-corrected chi connectivity index (χ1v) is 6.79. The van der Waals surface area contributed by atoms with Gasteiger partial charge in [-0.3, -0.25) is 0 Å². The molecule has 0 fully saturated rings. The van der Waals surface area contributed by atoms with Gasteiger partial charge in [-0.05, 0) is 17.0 Å². The van der Waals surface area contributed by atoms with Gasteiger partial charge in [-0.15, -0.1) is 0 Å². The fourth-order valence-electron chi connectivity index (χ4n) is 2.19. The molecular weight excluding hydrogens is 230 g/mol. The van der Waals surface area contributed by atoms with E-state index in [9.17, 15) is 0 Å². The van der Waals surface area contributed by atoms with E-state index in [0.717, 1.165) is 0 Å². The summed E-state index contributed by atoms with van der Waals surface area (Å²) in [5.41, 5.74) is 8.49. The van der Waals surface area contributed by atoms with Crippen LogP contribution in [0.3, 0.4) is 0 Å². The Morgan fingerprint density at radius 1 is 0.842 bits per heavy atom. The van der Waals surface area contributed by atoms with Crippen LogP contribution in [0.25, 0.3) is 0 Å². The summed E-state index contributed by atoms with van der Waals surface area (Å²) in [5, 5.41) is 0. The first kappa shape index (κ1) is 13.6. The predicted octanol–water partition coefficient (Wildman–Crippen LogP) is 4.09. The van der Waals surface area contributed by atoms with Crippen LogP contribution in [0.5, 0.6) is 0 Å². The highest BCUT2D eigenvalue weighted by Gasteiger charge is 2.06. The average molecular weight is 251 g/mol. The molecule has 2 aromatic rings. The highest BCUT2D eigenvalue weighted by molar-refractivity contribution is 5.27. The first-order chi connectivity index (χ1) is 9.31. The normalized spacial score (nSPS) is 14.4. The Morgan fingerprint density at radius 2 is 1.37 bits per heavy atom. The molecule has 0 aliphatic heterocycles. The predicted molar refractivity (Wildman–Crippen MR) is 82.2 cm³/mol. The van der Waals surface area contributed by atoms with Crippen molar-refractivity contribution in [3.63, 3.8) is 0 Å². The van der Waals surface area contributed by atoms with Crippen molar-refractivity contribution >= 4 is 0 Å². The largest absolute Gasteiger partial charge is 0.330 e. The SMILES string of the molecule is CC(C=CC(CN)c1ccccc1)c1ccccc1. The first-order valence-electron chi connectivity index (χ1n) is 6.79. The molecule has 0 aromatic heterocycles. The van der Waals surface area contributed by atoms with Crippen molar-refractivity contribution in [2.24, 2.45) is 5.73 Å². The monoisotopic (exact) mass is 251 g/mol. The van der Waals surface area contributed by atoms with Gasteiger partial charge in [0.25, 0.3) is 0 Å². The number of hydrogen-bond donors (Lipinski definition) is 1. The van der Waals surface area contributed by atoms with Gasteiger partial charge in [-0.1, -0.05) is 79.7 Å². The van der Waals surface area contributed by atoms with Crippen molar-refractivity contribution in [1.29, 1.82) is 0 Å². The minimum atomic E-state index is 0.298. The third-order valence-corrected chi connectivity index (χ3v) is 3.44. The maximum atomic E-state index is 5.88. The zero-order chi connectivity index (χ0) is 13.5. The Kier molecular flexibility index (Phi) is 4.93. The smallest absolute Gasteiger partial charge is 0.0141 e. The van der Waals surface area contributed by atoms with Crippen LogP contribution in [0, 0.1) is 0 Å². The average Bonchev–Trinajstić information content (AvgIpc) is 2.49. The van der Waals surface area contributed by atoms with Crippen LogP contribution in [-0.2, 0) is 0 Å². The van der Waals surface area contributed by atoms with E-state index in [1.807, 2.05) is 12.1 Å². The van der Waals surface area contributed by atoms with Crippen molar-refractivity contribution in [3.8, 4) is 0 Å². The molecule has 2 atom stereocenters. The molecule has 0 bridgehead atoms. The Labute approximate surface area is 115 Å². The van der Waals surface area contributed by atoms with E-state index in [1.54, 1.807) is 0 Å². The molecule has 1 nitrogen and oxygen atoms in total. The van der Waals surface area contributed by atoms with Crippen molar-refractivity contribution in [2.45, 2.75) is 18.8 Å². The van der Waals surface area contributed by atoms with Gasteiger partial charge in [-0.2, -0.15) is 0 Å². The van der Waals surface area contributed by atoms with Gasteiger partial charge in [0.15, 0.2) is 0 Å². The molecule has 2 aromatic carbocycles. The number of hydrogen-bond acceptors (Lipinski definition) is 1. The van der Waals surface area contributed by atoms with Gasteiger partial charge < -0.3 is 5.73 Å². The Morgan fingerprint density at radius 3 is 1.89 bits per heavy atom. The van der Waals surface area contributed by atoms with E-state index in [-0.39, 0.29) is 0 Å². The Balaban J connectivity index is 2.08. The van der Waals surface area contributed by atoms with Crippen molar-refractivity contribution in [3.05, 3.63) is 83.9 Å². The lowest BCUT2D eigenvalue weighted by atomic mass is 9.95. The highest BCUT2D eigenvalue weighted by atomic mass is 14.5. The zero-order valence-corrected chi connectivity index (χ0v) is 11.4. The zero-order valence-electron chi connectivity index (χ0n) is 11.4. The third kappa shape index (κ3) is 3.80. The second-order valence-electron chi connectivity index (χ2n) is 4.84. The molecule has 0 aliphatic carbocycles. The number of allylic oxidation sites excluding steroid dienone is 1. The Hall–Kier alpha value is -1.86. The quantitative estimate of drug-likeness (QED) is 0.796.